The lowest BCUT2D eigenvalue weighted by atomic mass is 10.3. The van der Waals surface area contributed by atoms with Crippen LogP contribution in [0.3, 0.4) is 0 Å². The maximum Gasteiger partial charge on any atom is 0.132 e. The number of hydrogen-bond acceptors (Lipinski definition) is 3. The van der Waals surface area contributed by atoms with Crippen LogP contribution in [0.15, 0.2) is 23.2 Å². The van der Waals surface area contributed by atoms with E-state index in [1.807, 2.05) is 6.20 Å². The van der Waals surface area contributed by atoms with E-state index in [-0.39, 0.29) is 0 Å². The Morgan fingerprint density at radius 3 is 2.87 bits per heavy atom. The lowest BCUT2D eigenvalue weighted by Gasteiger charge is -2.02. The molecule has 0 bridgehead atoms. The Bertz CT molecular complexity index is 476. The van der Waals surface area contributed by atoms with Gasteiger partial charge in [-0.25, -0.2) is 15.0 Å². The van der Waals surface area contributed by atoms with Gasteiger partial charge in [-0.2, -0.15) is 0 Å². The molecule has 76 valence electrons. The third kappa shape index (κ3) is 1.67. The van der Waals surface area contributed by atoms with Crippen molar-refractivity contribution in [1.82, 2.24) is 19.9 Å². The van der Waals surface area contributed by atoms with E-state index in [0.29, 0.717) is 5.92 Å². The average molecular weight is 265 g/mol. The van der Waals surface area contributed by atoms with E-state index in [4.69, 9.17) is 0 Å². The van der Waals surface area contributed by atoms with Crippen LogP contribution in [0.2, 0.25) is 0 Å². The van der Waals surface area contributed by atoms with Crippen LogP contribution < -0.4 is 0 Å². The van der Waals surface area contributed by atoms with Gasteiger partial charge in [0.2, 0.25) is 0 Å². The number of aromatic nitrogens is 4. The summed E-state index contributed by atoms with van der Waals surface area (Å²) in [6.45, 7) is 0. The average Bonchev–Trinajstić information content (AvgIpc) is 2.95. The summed E-state index contributed by atoms with van der Waals surface area (Å²) < 4.78 is 0.899. The molecule has 2 aromatic heterocycles. The summed E-state index contributed by atoms with van der Waals surface area (Å²) in [4.78, 5) is 15.9. The van der Waals surface area contributed by atoms with Crippen molar-refractivity contribution in [3.8, 4) is 11.4 Å². The first-order chi connectivity index (χ1) is 7.34. The van der Waals surface area contributed by atoms with Gasteiger partial charge in [0.1, 0.15) is 11.5 Å². The van der Waals surface area contributed by atoms with Gasteiger partial charge in [-0.1, -0.05) is 0 Å². The molecule has 15 heavy (non-hydrogen) atoms. The van der Waals surface area contributed by atoms with Crippen LogP contribution in [0, 0.1) is 0 Å². The molecular formula is C10H9BrN4. The lowest BCUT2D eigenvalue weighted by Crippen LogP contribution is -1.95. The maximum atomic E-state index is 4.55. The van der Waals surface area contributed by atoms with Crippen LogP contribution in [0.4, 0.5) is 0 Å². The summed E-state index contributed by atoms with van der Waals surface area (Å²) in [7, 11) is 0. The minimum absolute atomic E-state index is 0.569. The van der Waals surface area contributed by atoms with Gasteiger partial charge in [0.25, 0.3) is 0 Å². The number of nitrogens with one attached hydrogen (secondary N) is 1. The zero-order valence-corrected chi connectivity index (χ0v) is 9.53. The second-order valence-corrected chi connectivity index (χ2v) is 4.52. The number of H-pyrrole nitrogens is 1. The second kappa shape index (κ2) is 3.41. The summed E-state index contributed by atoms with van der Waals surface area (Å²) in [6, 6.07) is 0. The summed E-state index contributed by atoms with van der Waals surface area (Å²) >= 11 is 3.45. The maximum absolute atomic E-state index is 4.55. The largest absolute Gasteiger partial charge is 0.343 e. The van der Waals surface area contributed by atoms with Crippen molar-refractivity contribution in [3.63, 3.8) is 0 Å². The minimum atomic E-state index is 0.569. The van der Waals surface area contributed by atoms with Crippen molar-refractivity contribution in [3.05, 3.63) is 29.0 Å². The molecular weight excluding hydrogens is 256 g/mol. The standard InChI is InChI=1S/C10H9BrN4/c11-7-3-13-10(6-1-2-6)15-9(7)8-4-12-5-14-8/h3-6H,1-2H2,(H,12,14). The van der Waals surface area contributed by atoms with E-state index in [0.717, 1.165) is 21.7 Å². The second-order valence-electron chi connectivity index (χ2n) is 3.66. The first kappa shape index (κ1) is 9.03. The van der Waals surface area contributed by atoms with E-state index in [1.165, 1.54) is 12.8 Å². The molecule has 1 saturated carbocycles. The van der Waals surface area contributed by atoms with Gasteiger partial charge < -0.3 is 4.98 Å². The predicted molar refractivity (Wildman–Crippen MR) is 59.3 cm³/mol. The van der Waals surface area contributed by atoms with Crippen molar-refractivity contribution in [2.24, 2.45) is 0 Å². The first-order valence-corrected chi connectivity index (χ1v) is 5.65. The van der Waals surface area contributed by atoms with E-state index in [1.54, 1.807) is 12.5 Å². The Balaban J connectivity index is 2.08. The summed E-state index contributed by atoms with van der Waals surface area (Å²) in [5.41, 5.74) is 1.82. The van der Waals surface area contributed by atoms with Crippen molar-refractivity contribution in [2.45, 2.75) is 18.8 Å². The summed E-state index contributed by atoms with van der Waals surface area (Å²) in [5.74, 6) is 1.52. The van der Waals surface area contributed by atoms with Crippen LogP contribution in [-0.4, -0.2) is 19.9 Å². The van der Waals surface area contributed by atoms with E-state index in [9.17, 15) is 0 Å². The Kier molecular flexibility index (Phi) is 2.05. The molecule has 1 aliphatic rings. The van der Waals surface area contributed by atoms with Crippen LogP contribution >= 0.6 is 15.9 Å². The van der Waals surface area contributed by atoms with E-state index < -0.39 is 0 Å². The number of hydrogen-bond donors (Lipinski definition) is 1. The third-order valence-corrected chi connectivity index (χ3v) is 3.04. The molecule has 0 aromatic carbocycles. The highest BCUT2D eigenvalue weighted by Gasteiger charge is 2.27. The molecule has 0 radical (unpaired) electrons. The fourth-order valence-corrected chi connectivity index (χ4v) is 1.90. The molecule has 2 aromatic rings. The Morgan fingerprint density at radius 2 is 2.20 bits per heavy atom. The van der Waals surface area contributed by atoms with Gasteiger partial charge in [0.05, 0.1) is 22.7 Å². The molecule has 5 heteroatoms. The molecule has 0 saturated heterocycles. The van der Waals surface area contributed by atoms with E-state index in [2.05, 4.69) is 35.9 Å². The fourth-order valence-electron chi connectivity index (χ4n) is 1.49. The normalized spacial score (nSPS) is 15.5. The van der Waals surface area contributed by atoms with Gasteiger partial charge in [0, 0.05) is 12.1 Å². The third-order valence-electron chi connectivity index (χ3n) is 2.46. The summed E-state index contributed by atoms with van der Waals surface area (Å²) in [6.07, 6.45) is 7.66. The van der Waals surface area contributed by atoms with Crippen LogP contribution in [0.1, 0.15) is 24.6 Å². The van der Waals surface area contributed by atoms with Crippen molar-refractivity contribution in [1.29, 1.82) is 0 Å². The monoisotopic (exact) mass is 264 g/mol. The van der Waals surface area contributed by atoms with Crippen LogP contribution in [0.25, 0.3) is 11.4 Å². The molecule has 0 atom stereocenters. The zero-order valence-electron chi connectivity index (χ0n) is 7.94. The molecule has 4 nitrogen and oxygen atoms in total. The van der Waals surface area contributed by atoms with E-state index >= 15 is 0 Å². The molecule has 3 rings (SSSR count). The minimum Gasteiger partial charge on any atom is -0.343 e. The van der Waals surface area contributed by atoms with Crippen molar-refractivity contribution in [2.75, 3.05) is 0 Å². The predicted octanol–water partition coefficient (Wildman–Crippen LogP) is 2.51. The Labute approximate surface area is 95.3 Å². The SMILES string of the molecule is Brc1cnc(C2CC2)nc1-c1cnc[nH]1. The molecule has 1 N–H and O–H groups in total. The van der Waals surface area contributed by atoms with Gasteiger partial charge in [-0.3, -0.25) is 0 Å². The molecule has 0 spiro atoms. The summed E-state index contributed by atoms with van der Waals surface area (Å²) in [5, 5.41) is 0. The Morgan fingerprint density at radius 1 is 1.33 bits per heavy atom. The van der Waals surface area contributed by atoms with Gasteiger partial charge in [-0.05, 0) is 28.8 Å². The number of imidazole rings is 1. The number of halogens is 1. The van der Waals surface area contributed by atoms with Crippen molar-refractivity contribution >= 4 is 15.9 Å². The first-order valence-electron chi connectivity index (χ1n) is 4.86. The topological polar surface area (TPSA) is 54.5 Å². The number of rotatable bonds is 2. The quantitative estimate of drug-likeness (QED) is 0.907. The smallest absolute Gasteiger partial charge is 0.132 e. The molecule has 1 fully saturated rings. The Hall–Kier alpha value is -1.23. The molecule has 2 heterocycles. The van der Waals surface area contributed by atoms with Crippen LogP contribution in [0.5, 0.6) is 0 Å². The highest BCUT2D eigenvalue weighted by atomic mass is 79.9. The lowest BCUT2D eigenvalue weighted by molar-refractivity contribution is 0.924. The fraction of sp³-hybridized carbons (Fsp3) is 0.300. The molecule has 0 unspecified atom stereocenters. The highest BCUT2D eigenvalue weighted by molar-refractivity contribution is 9.10. The molecule has 1 aliphatic carbocycles. The van der Waals surface area contributed by atoms with Crippen LogP contribution in [-0.2, 0) is 0 Å². The zero-order chi connectivity index (χ0) is 10.3. The number of aromatic amines is 1. The van der Waals surface area contributed by atoms with Crippen molar-refractivity contribution < 1.29 is 0 Å². The van der Waals surface area contributed by atoms with Gasteiger partial charge in [-0.15, -0.1) is 0 Å². The highest BCUT2D eigenvalue weighted by Crippen LogP contribution is 2.39. The van der Waals surface area contributed by atoms with Gasteiger partial charge >= 0.3 is 0 Å². The van der Waals surface area contributed by atoms with Gasteiger partial charge in [0.15, 0.2) is 0 Å². The number of nitrogens with zero attached hydrogens (tertiary/aromatic N) is 3. The molecule has 0 amide bonds. The molecule has 0 aliphatic heterocycles.